The van der Waals surface area contributed by atoms with Gasteiger partial charge in [-0.3, -0.25) is 0 Å². The van der Waals surface area contributed by atoms with Crippen molar-refractivity contribution in [1.29, 1.82) is 0 Å². The Balaban J connectivity index is 1.57. The molecule has 0 atom stereocenters. The van der Waals surface area contributed by atoms with Gasteiger partial charge in [0.2, 0.25) is 0 Å². The normalized spacial score (nSPS) is 11.3. The van der Waals surface area contributed by atoms with E-state index in [2.05, 4.69) is 136 Å². The highest BCUT2D eigenvalue weighted by atomic mass is 15.1. The highest BCUT2D eigenvalue weighted by Gasteiger charge is 2.22. The third-order valence-electron chi connectivity index (χ3n) is 10.2. The van der Waals surface area contributed by atoms with Crippen molar-refractivity contribution in [3.05, 3.63) is 109 Å². The summed E-state index contributed by atoms with van der Waals surface area (Å²) in [5.74, 6) is 1.47. The van der Waals surface area contributed by atoms with Crippen molar-refractivity contribution in [2.24, 2.45) is 0 Å². The molecule has 0 bridgehead atoms. The molecule has 1 aromatic heterocycles. The second-order valence-corrected chi connectivity index (χ2v) is 12.7. The predicted octanol–water partition coefficient (Wildman–Crippen LogP) is 10.3. The molecule has 0 saturated carbocycles. The molecule has 0 aliphatic heterocycles. The summed E-state index contributed by atoms with van der Waals surface area (Å²) >= 11 is 0. The molecule has 0 radical (unpaired) electrons. The molecule has 4 aromatic carbocycles. The Morgan fingerprint density at radius 1 is 0.455 bits per heavy atom. The minimum absolute atomic E-state index is 0.729. The quantitative estimate of drug-likeness (QED) is 0.207. The third-order valence-corrected chi connectivity index (χ3v) is 10.2. The van der Waals surface area contributed by atoms with Crippen LogP contribution in [0.15, 0.2) is 42.7 Å². The number of anilines is 2. The zero-order chi connectivity index (χ0) is 32.2. The Kier molecular flexibility index (Phi) is 8.24. The number of rotatable bonds is 5. The zero-order valence-electron chi connectivity index (χ0n) is 28.8. The molecule has 44 heavy (non-hydrogen) atoms. The maximum atomic E-state index is 5.08. The molecular formula is C40H46N4. The van der Waals surface area contributed by atoms with Crippen LogP contribution in [0.2, 0.25) is 0 Å². The van der Waals surface area contributed by atoms with Crippen LogP contribution < -0.4 is 4.90 Å². The van der Waals surface area contributed by atoms with Crippen molar-refractivity contribution in [3.8, 4) is 33.9 Å². The first-order chi connectivity index (χ1) is 20.7. The summed E-state index contributed by atoms with van der Waals surface area (Å²) in [7, 11) is 2.17. The summed E-state index contributed by atoms with van der Waals surface area (Å²) in [4.78, 5) is 16.8. The van der Waals surface area contributed by atoms with Gasteiger partial charge in [-0.1, -0.05) is 24.3 Å². The van der Waals surface area contributed by atoms with Crippen molar-refractivity contribution in [2.75, 3.05) is 11.9 Å². The van der Waals surface area contributed by atoms with E-state index in [0.717, 1.165) is 28.5 Å². The van der Waals surface area contributed by atoms with Crippen molar-refractivity contribution in [1.82, 2.24) is 15.0 Å². The van der Waals surface area contributed by atoms with Gasteiger partial charge in [-0.05, 0) is 173 Å². The Morgan fingerprint density at radius 2 is 0.841 bits per heavy atom. The van der Waals surface area contributed by atoms with Crippen LogP contribution >= 0.6 is 0 Å². The highest BCUT2D eigenvalue weighted by Crippen LogP contribution is 2.41. The van der Waals surface area contributed by atoms with E-state index in [1.807, 2.05) is 0 Å². The van der Waals surface area contributed by atoms with Gasteiger partial charge < -0.3 is 4.90 Å². The Bertz CT molecular complexity index is 1850. The van der Waals surface area contributed by atoms with Crippen LogP contribution in [0.25, 0.3) is 33.9 Å². The van der Waals surface area contributed by atoms with E-state index in [-0.39, 0.29) is 0 Å². The molecule has 0 aliphatic carbocycles. The molecule has 0 N–H and O–H groups in total. The number of benzene rings is 4. The van der Waals surface area contributed by atoms with Crippen molar-refractivity contribution in [2.45, 2.75) is 83.1 Å². The molecule has 5 rings (SSSR count). The van der Waals surface area contributed by atoms with Gasteiger partial charge in [-0.2, -0.15) is 0 Å². The molecule has 0 fully saturated rings. The standard InChI is InChI=1S/C40H46N4/c1-21-18-22(2)26(6)35(25(21)5)33-14-16-34(17-15-33)44(13)38-31(11)29(9)37(30(10)32(38)12)40-42-20-41-39(43-40)36-27(7)23(3)19-24(4)28(36)8/h14-20H,1-13H3. The van der Waals surface area contributed by atoms with Gasteiger partial charge in [-0.25, -0.2) is 15.0 Å². The fourth-order valence-corrected chi connectivity index (χ4v) is 6.85. The summed E-state index contributed by atoms with van der Waals surface area (Å²) < 4.78 is 0. The van der Waals surface area contributed by atoms with E-state index in [0.29, 0.717) is 0 Å². The van der Waals surface area contributed by atoms with Gasteiger partial charge in [0.05, 0.1) is 0 Å². The average molecular weight is 583 g/mol. The van der Waals surface area contributed by atoms with Crippen LogP contribution in [0.5, 0.6) is 0 Å². The predicted molar refractivity (Wildman–Crippen MR) is 187 cm³/mol. The highest BCUT2D eigenvalue weighted by molar-refractivity contribution is 5.82. The van der Waals surface area contributed by atoms with Crippen LogP contribution in [0, 0.1) is 83.1 Å². The number of nitrogens with zero attached hydrogens (tertiary/aromatic N) is 4. The zero-order valence-corrected chi connectivity index (χ0v) is 28.8. The van der Waals surface area contributed by atoms with E-state index in [4.69, 9.17) is 9.97 Å². The Labute approximate surface area is 264 Å². The first-order valence-electron chi connectivity index (χ1n) is 15.5. The maximum Gasteiger partial charge on any atom is 0.163 e. The minimum atomic E-state index is 0.729. The number of aromatic nitrogens is 3. The molecule has 0 unspecified atom stereocenters. The van der Waals surface area contributed by atoms with Crippen LogP contribution in [0.1, 0.15) is 66.8 Å². The fraction of sp³-hybridized carbons (Fsp3) is 0.325. The van der Waals surface area contributed by atoms with Crippen molar-refractivity contribution < 1.29 is 0 Å². The molecule has 226 valence electrons. The van der Waals surface area contributed by atoms with Crippen LogP contribution in [0.3, 0.4) is 0 Å². The van der Waals surface area contributed by atoms with Crippen molar-refractivity contribution >= 4 is 11.4 Å². The Hall–Kier alpha value is -4.31. The SMILES string of the molecule is Cc1cc(C)c(C)c(-c2ccc(N(C)c3c(C)c(C)c(-c4ncnc(-c5c(C)c(C)cc(C)c5C)n4)c(C)c3C)cc2)c1C. The molecule has 0 aliphatic rings. The van der Waals surface area contributed by atoms with E-state index >= 15 is 0 Å². The van der Waals surface area contributed by atoms with Gasteiger partial charge in [0, 0.05) is 29.5 Å². The number of hydrogen-bond donors (Lipinski definition) is 0. The van der Waals surface area contributed by atoms with Crippen molar-refractivity contribution in [3.63, 3.8) is 0 Å². The Morgan fingerprint density at radius 3 is 1.27 bits per heavy atom. The first-order valence-corrected chi connectivity index (χ1v) is 15.5. The molecule has 0 spiro atoms. The maximum absolute atomic E-state index is 5.08. The minimum Gasteiger partial charge on any atom is -0.344 e. The van der Waals surface area contributed by atoms with Gasteiger partial charge in [0.1, 0.15) is 6.33 Å². The van der Waals surface area contributed by atoms with Gasteiger partial charge in [-0.15, -0.1) is 0 Å². The number of hydrogen-bond acceptors (Lipinski definition) is 4. The van der Waals surface area contributed by atoms with Crippen LogP contribution in [-0.2, 0) is 0 Å². The lowest BCUT2D eigenvalue weighted by molar-refractivity contribution is 1.04. The summed E-state index contributed by atoms with van der Waals surface area (Å²) in [5, 5.41) is 0. The summed E-state index contributed by atoms with van der Waals surface area (Å²) in [5.41, 5.74) is 22.4. The van der Waals surface area contributed by atoms with Gasteiger partial charge >= 0.3 is 0 Å². The van der Waals surface area contributed by atoms with E-state index < -0.39 is 0 Å². The summed E-state index contributed by atoms with van der Waals surface area (Å²) in [6.45, 7) is 26.3. The fourth-order valence-electron chi connectivity index (χ4n) is 6.85. The van der Waals surface area contributed by atoms with Gasteiger partial charge in [0.15, 0.2) is 11.6 Å². The first kappa shape index (κ1) is 31.1. The molecule has 0 amide bonds. The van der Waals surface area contributed by atoms with E-state index in [1.165, 1.54) is 83.6 Å². The summed E-state index contributed by atoms with van der Waals surface area (Å²) in [6, 6.07) is 13.6. The topological polar surface area (TPSA) is 41.9 Å². The van der Waals surface area contributed by atoms with E-state index in [1.54, 1.807) is 6.33 Å². The smallest absolute Gasteiger partial charge is 0.163 e. The average Bonchev–Trinajstić information content (AvgIpc) is 2.99. The second kappa shape index (κ2) is 11.6. The molecule has 5 aromatic rings. The largest absolute Gasteiger partial charge is 0.344 e. The lowest BCUT2D eigenvalue weighted by Crippen LogP contribution is -2.15. The molecular weight excluding hydrogens is 536 g/mol. The number of aryl methyl sites for hydroxylation is 4. The second-order valence-electron chi connectivity index (χ2n) is 12.7. The molecule has 1 heterocycles. The van der Waals surface area contributed by atoms with Gasteiger partial charge in [0.25, 0.3) is 0 Å². The monoisotopic (exact) mass is 582 g/mol. The van der Waals surface area contributed by atoms with E-state index in [9.17, 15) is 0 Å². The lowest BCUT2D eigenvalue weighted by Gasteiger charge is -2.28. The molecule has 0 saturated heterocycles. The molecule has 4 nitrogen and oxygen atoms in total. The van der Waals surface area contributed by atoms with Crippen LogP contribution in [0.4, 0.5) is 11.4 Å². The molecule has 4 heteroatoms. The van der Waals surface area contributed by atoms with Crippen LogP contribution in [-0.4, -0.2) is 22.0 Å². The lowest BCUT2D eigenvalue weighted by atomic mass is 9.89. The third kappa shape index (κ3) is 5.11. The summed E-state index contributed by atoms with van der Waals surface area (Å²) in [6.07, 6.45) is 1.67.